The maximum absolute atomic E-state index is 12.2. The quantitative estimate of drug-likeness (QED) is 0.712. The number of hydrogen-bond donors (Lipinski definition) is 1. The van der Waals surface area contributed by atoms with E-state index in [0.717, 1.165) is 11.0 Å². The largest absolute Gasteiger partial charge is 0.454 e. The Kier molecular flexibility index (Phi) is 6.75. The molecule has 0 saturated heterocycles. The van der Waals surface area contributed by atoms with Crippen molar-refractivity contribution in [3.8, 4) is 0 Å². The van der Waals surface area contributed by atoms with Gasteiger partial charge in [0.25, 0.3) is 10.0 Å². The van der Waals surface area contributed by atoms with E-state index in [2.05, 4.69) is 4.72 Å². The third kappa shape index (κ3) is 6.66. The van der Waals surface area contributed by atoms with E-state index in [1.54, 1.807) is 45.0 Å². The number of rotatable bonds is 7. The minimum absolute atomic E-state index is 0.147. The first-order valence-electron chi connectivity index (χ1n) is 8.63. The van der Waals surface area contributed by atoms with Crippen LogP contribution in [0.2, 0.25) is 0 Å². The van der Waals surface area contributed by atoms with Crippen LogP contribution in [-0.4, -0.2) is 26.8 Å². The summed E-state index contributed by atoms with van der Waals surface area (Å²) >= 11 is 0. The van der Waals surface area contributed by atoms with E-state index in [0.29, 0.717) is 0 Å². The summed E-state index contributed by atoms with van der Waals surface area (Å²) in [5.41, 5.74) is 0.500. The van der Waals surface area contributed by atoms with Gasteiger partial charge in [-0.25, -0.2) is 13.2 Å². The number of esters is 1. The minimum Gasteiger partial charge on any atom is -0.454 e. The van der Waals surface area contributed by atoms with Crippen molar-refractivity contribution >= 4 is 33.5 Å². The summed E-state index contributed by atoms with van der Waals surface area (Å²) < 4.78 is 31.9. The predicted molar refractivity (Wildman–Crippen MR) is 109 cm³/mol. The van der Waals surface area contributed by atoms with Gasteiger partial charge in [-0.1, -0.05) is 57.2 Å². The van der Waals surface area contributed by atoms with Crippen molar-refractivity contribution in [2.45, 2.75) is 20.8 Å². The molecular weight excluding hydrogens is 378 g/mol. The van der Waals surface area contributed by atoms with Crippen molar-refractivity contribution in [2.24, 2.45) is 5.41 Å². The standard InChI is InChI=1S/C21H23NO5S/c1-21(2,3)19(23)15-27-20(24)17-10-7-11-18(14-17)22-28(25,26)13-12-16-8-5-4-6-9-16/h4-14,22H,15H2,1-3H3/b13-12+. The van der Waals surface area contributed by atoms with Gasteiger partial charge in [-0.05, 0) is 29.8 Å². The van der Waals surface area contributed by atoms with E-state index >= 15 is 0 Å². The molecular formula is C21H23NO5S. The molecule has 0 unspecified atom stereocenters. The number of carbonyl (C=O) groups is 2. The average Bonchev–Trinajstić information content (AvgIpc) is 2.64. The van der Waals surface area contributed by atoms with Gasteiger partial charge < -0.3 is 4.74 Å². The minimum atomic E-state index is -3.76. The van der Waals surface area contributed by atoms with Gasteiger partial charge in [-0.3, -0.25) is 9.52 Å². The molecule has 0 aliphatic rings. The normalized spacial score (nSPS) is 12.0. The Balaban J connectivity index is 2.05. The van der Waals surface area contributed by atoms with Gasteiger partial charge in [-0.2, -0.15) is 0 Å². The zero-order valence-corrected chi connectivity index (χ0v) is 16.8. The zero-order chi connectivity index (χ0) is 20.8. The number of nitrogens with one attached hydrogen (secondary N) is 1. The molecule has 2 aromatic carbocycles. The molecule has 0 heterocycles. The van der Waals surface area contributed by atoms with Crippen molar-refractivity contribution in [1.82, 2.24) is 0 Å². The number of hydrogen-bond acceptors (Lipinski definition) is 5. The molecule has 6 nitrogen and oxygen atoms in total. The molecule has 0 spiro atoms. The van der Waals surface area contributed by atoms with Crippen LogP contribution in [0.1, 0.15) is 36.7 Å². The van der Waals surface area contributed by atoms with Gasteiger partial charge in [0.15, 0.2) is 12.4 Å². The molecule has 0 radical (unpaired) electrons. The molecule has 0 atom stereocenters. The van der Waals surface area contributed by atoms with Crippen molar-refractivity contribution in [2.75, 3.05) is 11.3 Å². The summed E-state index contributed by atoms with van der Waals surface area (Å²) in [6.07, 6.45) is 1.47. The van der Waals surface area contributed by atoms with Gasteiger partial charge in [-0.15, -0.1) is 0 Å². The van der Waals surface area contributed by atoms with E-state index < -0.39 is 21.4 Å². The summed E-state index contributed by atoms with van der Waals surface area (Å²) in [6.45, 7) is 4.88. The molecule has 0 bridgehead atoms. The van der Waals surface area contributed by atoms with E-state index in [1.165, 1.54) is 30.3 Å². The molecule has 2 aromatic rings. The van der Waals surface area contributed by atoms with Crippen LogP contribution < -0.4 is 4.72 Å². The Morgan fingerprint density at radius 3 is 2.36 bits per heavy atom. The molecule has 28 heavy (non-hydrogen) atoms. The lowest BCUT2D eigenvalue weighted by atomic mass is 9.91. The second-order valence-electron chi connectivity index (χ2n) is 7.19. The summed E-state index contributed by atoms with van der Waals surface area (Å²) in [5.74, 6) is -0.901. The topological polar surface area (TPSA) is 89.5 Å². The smallest absolute Gasteiger partial charge is 0.338 e. The number of ketones is 1. The summed E-state index contributed by atoms with van der Waals surface area (Å²) in [5, 5.41) is 1.05. The maximum atomic E-state index is 12.2. The first-order chi connectivity index (χ1) is 13.1. The summed E-state index contributed by atoms with van der Waals surface area (Å²) in [7, 11) is -3.76. The molecule has 7 heteroatoms. The molecule has 148 valence electrons. The monoisotopic (exact) mass is 401 g/mol. The fraction of sp³-hybridized carbons (Fsp3) is 0.238. The molecule has 0 aliphatic carbocycles. The molecule has 2 rings (SSSR count). The van der Waals surface area contributed by atoms with Crippen LogP contribution in [0.5, 0.6) is 0 Å². The highest BCUT2D eigenvalue weighted by atomic mass is 32.2. The fourth-order valence-electron chi connectivity index (χ4n) is 2.07. The second kappa shape index (κ2) is 8.84. The molecule has 0 fully saturated rings. The second-order valence-corrected chi connectivity index (χ2v) is 8.76. The van der Waals surface area contributed by atoms with Crippen molar-refractivity contribution in [1.29, 1.82) is 0 Å². The highest BCUT2D eigenvalue weighted by molar-refractivity contribution is 7.95. The first-order valence-corrected chi connectivity index (χ1v) is 10.2. The van der Waals surface area contributed by atoms with Crippen molar-refractivity contribution in [3.05, 3.63) is 71.1 Å². The third-order valence-electron chi connectivity index (χ3n) is 3.77. The van der Waals surface area contributed by atoms with Crippen LogP contribution in [0.3, 0.4) is 0 Å². The van der Waals surface area contributed by atoms with E-state index in [-0.39, 0.29) is 23.6 Å². The molecule has 0 saturated carbocycles. The lowest BCUT2D eigenvalue weighted by Gasteiger charge is -2.16. The number of ether oxygens (including phenoxy) is 1. The Bertz CT molecular complexity index is 973. The zero-order valence-electron chi connectivity index (χ0n) is 16.0. The third-order valence-corrected chi connectivity index (χ3v) is 4.78. The SMILES string of the molecule is CC(C)(C)C(=O)COC(=O)c1cccc(NS(=O)(=O)/C=C/c2ccccc2)c1. The number of anilines is 1. The lowest BCUT2D eigenvalue weighted by Crippen LogP contribution is -2.26. The Morgan fingerprint density at radius 1 is 1.04 bits per heavy atom. The van der Waals surface area contributed by atoms with Gasteiger partial charge >= 0.3 is 5.97 Å². The van der Waals surface area contributed by atoms with Crippen molar-refractivity contribution < 1.29 is 22.7 Å². The van der Waals surface area contributed by atoms with Crippen LogP contribution in [0.25, 0.3) is 6.08 Å². The molecule has 0 aromatic heterocycles. The summed E-state index contributed by atoms with van der Waals surface area (Å²) in [6, 6.07) is 14.9. The van der Waals surface area contributed by atoms with E-state index in [9.17, 15) is 18.0 Å². The van der Waals surface area contributed by atoms with Gasteiger partial charge in [0.1, 0.15) is 0 Å². The molecule has 0 aliphatic heterocycles. The van der Waals surface area contributed by atoms with Crippen LogP contribution in [-0.2, 0) is 19.6 Å². The summed E-state index contributed by atoms with van der Waals surface area (Å²) in [4.78, 5) is 24.0. The van der Waals surface area contributed by atoms with Crippen LogP contribution in [0, 0.1) is 5.41 Å². The van der Waals surface area contributed by atoms with Gasteiger partial charge in [0, 0.05) is 11.1 Å². The Labute approximate surface area is 165 Å². The van der Waals surface area contributed by atoms with Crippen LogP contribution in [0.4, 0.5) is 5.69 Å². The number of benzene rings is 2. The Hall–Kier alpha value is -2.93. The van der Waals surface area contributed by atoms with E-state index in [1.807, 2.05) is 6.07 Å². The van der Waals surface area contributed by atoms with E-state index in [4.69, 9.17) is 4.74 Å². The van der Waals surface area contributed by atoms with Crippen LogP contribution in [0.15, 0.2) is 60.0 Å². The first kappa shape index (κ1) is 21.4. The van der Waals surface area contributed by atoms with Crippen molar-refractivity contribution in [3.63, 3.8) is 0 Å². The van der Waals surface area contributed by atoms with Gasteiger partial charge in [0.05, 0.1) is 11.0 Å². The molecule has 0 amide bonds. The molecule has 1 N–H and O–H groups in total. The van der Waals surface area contributed by atoms with Gasteiger partial charge in [0.2, 0.25) is 0 Å². The highest BCUT2D eigenvalue weighted by Crippen LogP contribution is 2.17. The number of sulfonamides is 1. The fourth-order valence-corrected chi connectivity index (χ4v) is 2.93. The number of Topliss-reactive ketones (excluding diaryl/α,β-unsaturated/α-hetero) is 1. The predicted octanol–water partition coefficient (Wildman–Crippen LogP) is 3.87. The highest BCUT2D eigenvalue weighted by Gasteiger charge is 2.22. The Morgan fingerprint density at radius 2 is 1.71 bits per heavy atom. The number of carbonyl (C=O) groups excluding carboxylic acids is 2. The van der Waals surface area contributed by atoms with Crippen LogP contribution >= 0.6 is 0 Å². The maximum Gasteiger partial charge on any atom is 0.338 e. The average molecular weight is 401 g/mol. The lowest BCUT2D eigenvalue weighted by molar-refractivity contribution is -0.129.